The highest BCUT2D eigenvalue weighted by molar-refractivity contribution is 9.10. The second-order valence-electron chi connectivity index (χ2n) is 5.73. The van der Waals surface area contributed by atoms with E-state index in [1.807, 2.05) is 7.11 Å². The summed E-state index contributed by atoms with van der Waals surface area (Å²) in [5.74, 6) is 0. The van der Waals surface area contributed by atoms with Crippen LogP contribution in [0.1, 0.15) is 32.3 Å². The van der Waals surface area contributed by atoms with E-state index in [4.69, 9.17) is 4.74 Å². The number of nitrogens with zero attached hydrogens (tertiary/aromatic N) is 1. The number of anilines is 1. The standard InChI is InChI=1S/C16H25BrN2O/c1-12(2)18-11-13-4-5-14(10-16(13)17)19-8-6-15(20-3)7-9-19/h4-5,10,12,15,18H,6-9,11H2,1-3H3. The van der Waals surface area contributed by atoms with E-state index in [2.05, 4.69) is 58.2 Å². The highest BCUT2D eigenvalue weighted by atomic mass is 79.9. The molecule has 1 saturated heterocycles. The van der Waals surface area contributed by atoms with E-state index < -0.39 is 0 Å². The van der Waals surface area contributed by atoms with Gasteiger partial charge in [-0.25, -0.2) is 0 Å². The van der Waals surface area contributed by atoms with Crippen LogP contribution in [0.15, 0.2) is 22.7 Å². The summed E-state index contributed by atoms with van der Waals surface area (Å²) in [6.07, 6.45) is 2.67. The number of halogens is 1. The zero-order chi connectivity index (χ0) is 14.5. The summed E-state index contributed by atoms with van der Waals surface area (Å²) < 4.78 is 6.62. The first kappa shape index (κ1) is 15.8. The second-order valence-corrected chi connectivity index (χ2v) is 6.59. The van der Waals surface area contributed by atoms with Gasteiger partial charge in [-0.2, -0.15) is 0 Å². The third kappa shape index (κ3) is 4.21. The number of benzene rings is 1. The lowest BCUT2D eigenvalue weighted by Crippen LogP contribution is -2.36. The van der Waals surface area contributed by atoms with E-state index >= 15 is 0 Å². The fraction of sp³-hybridized carbons (Fsp3) is 0.625. The predicted octanol–water partition coefficient (Wildman–Crippen LogP) is 3.56. The topological polar surface area (TPSA) is 24.5 Å². The quantitative estimate of drug-likeness (QED) is 0.886. The highest BCUT2D eigenvalue weighted by Crippen LogP contribution is 2.27. The lowest BCUT2D eigenvalue weighted by molar-refractivity contribution is 0.0819. The summed E-state index contributed by atoms with van der Waals surface area (Å²) in [5, 5.41) is 3.45. The minimum atomic E-state index is 0.434. The van der Waals surface area contributed by atoms with Crippen LogP contribution in [-0.2, 0) is 11.3 Å². The number of ether oxygens (including phenoxy) is 1. The van der Waals surface area contributed by atoms with Crippen molar-refractivity contribution in [1.29, 1.82) is 0 Å². The maximum Gasteiger partial charge on any atom is 0.0605 e. The Morgan fingerprint density at radius 3 is 2.60 bits per heavy atom. The zero-order valence-electron chi connectivity index (χ0n) is 12.7. The Labute approximate surface area is 130 Å². The van der Waals surface area contributed by atoms with Crippen LogP contribution in [0.4, 0.5) is 5.69 Å². The van der Waals surface area contributed by atoms with Crippen molar-refractivity contribution in [1.82, 2.24) is 5.32 Å². The zero-order valence-corrected chi connectivity index (χ0v) is 14.2. The summed E-state index contributed by atoms with van der Waals surface area (Å²) in [7, 11) is 1.81. The van der Waals surface area contributed by atoms with Crippen LogP contribution in [0.2, 0.25) is 0 Å². The molecule has 0 atom stereocenters. The monoisotopic (exact) mass is 340 g/mol. The van der Waals surface area contributed by atoms with E-state index in [9.17, 15) is 0 Å². The van der Waals surface area contributed by atoms with Gasteiger partial charge in [-0.15, -0.1) is 0 Å². The first-order chi connectivity index (χ1) is 9.60. The molecule has 0 amide bonds. The van der Waals surface area contributed by atoms with E-state index in [0.717, 1.165) is 32.5 Å². The van der Waals surface area contributed by atoms with Gasteiger partial charge in [0, 0.05) is 42.9 Å². The summed E-state index contributed by atoms with van der Waals surface area (Å²) in [5.41, 5.74) is 2.62. The molecule has 0 saturated carbocycles. The van der Waals surface area contributed by atoms with Crippen molar-refractivity contribution in [3.63, 3.8) is 0 Å². The Balaban J connectivity index is 1.98. The van der Waals surface area contributed by atoms with E-state index in [1.165, 1.54) is 15.7 Å². The molecule has 2 rings (SSSR count). The molecule has 112 valence electrons. The van der Waals surface area contributed by atoms with Gasteiger partial charge in [-0.1, -0.05) is 35.8 Å². The summed E-state index contributed by atoms with van der Waals surface area (Å²) in [4.78, 5) is 2.44. The average molecular weight is 341 g/mol. The van der Waals surface area contributed by atoms with Gasteiger partial charge in [0.05, 0.1) is 6.10 Å². The molecule has 1 aliphatic heterocycles. The molecule has 0 spiro atoms. The van der Waals surface area contributed by atoms with Crippen LogP contribution < -0.4 is 10.2 Å². The van der Waals surface area contributed by atoms with Crippen molar-refractivity contribution in [3.8, 4) is 0 Å². The molecule has 20 heavy (non-hydrogen) atoms. The van der Waals surface area contributed by atoms with Crippen LogP contribution in [0, 0.1) is 0 Å². The normalized spacial score (nSPS) is 16.9. The van der Waals surface area contributed by atoms with E-state index in [1.54, 1.807) is 0 Å². The maximum absolute atomic E-state index is 5.43. The first-order valence-corrected chi connectivity index (χ1v) is 8.19. The lowest BCUT2D eigenvalue weighted by Gasteiger charge is -2.33. The number of hydrogen-bond donors (Lipinski definition) is 1. The van der Waals surface area contributed by atoms with Gasteiger partial charge in [0.25, 0.3) is 0 Å². The van der Waals surface area contributed by atoms with Gasteiger partial charge in [-0.05, 0) is 30.5 Å². The van der Waals surface area contributed by atoms with E-state index in [-0.39, 0.29) is 0 Å². The van der Waals surface area contributed by atoms with Crippen LogP contribution in [0.5, 0.6) is 0 Å². The number of nitrogens with one attached hydrogen (secondary N) is 1. The van der Waals surface area contributed by atoms with Crippen molar-refractivity contribution in [2.45, 2.75) is 45.4 Å². The fourth-order valence-electron chi connectivity index (χ4n) is 2.54. The Morgan fingerprint density at radius 2 is 2.05 bits per heavy atom. The molecular weight excluding hydrogens is 316 g/mol. The third-order valence-electron chi connectivity index (χ3n) is 3.88. The minimum absolute atomic E-state index is 0.434. The van der Waals surface area contributed by atoms with Crippen LogP contribution in [-0.4, -0.2) is 32.3 Å². The molecule has 0 radical (unpaired) electrons. The maximum atomic E-state index is 5.43. The average Bonchev–Trinajstić information content (AvgIpc) is 2.46. The number of methoxy groups -OCH3 is 1. The van der Waals surface area contributed by atoms with Crippen molar-refractivity contribution in [2.24, 2.45) is 0 Å². The Morgan fingerprint density at radius 1 is 1.35 bits per heavy atom. The Kier molecular flexibility index (Phi) is 5.87. The van der Waals surface area contributed by atoms with Gasteiger partial charge >= 0.3 is 0 Å². The van der Waals surface area contributed by atoms with Gasteiger partial charge in [-0.3, -0.25) is 0 Å². The van der Waals surface area contributed by atoms with Gasteiger partial charge in [0.1, 0.15) is 0 Å². The Bertz CT molecular complexity index is 428. The molecule has 4 heteroatoms. The summed E-state index contributed by atoms with van der Waals surface area (Å²) in [6, 6.07) is 7.20. The molecule has 1 aromatic rings. The number of hydrogen-bond acceptors (Lipinski definition) is 3. The highest BCUT2D eigenvalue weighted by Gasteiger charge is 2.19. The molecule has 1 fully saturated rings. The Hall–Kier alpha value is -0.580. The SMILES string of the molecule is COC1CCN(c2ccc(CNC(C)C)c(Br)c2)CC1. The smallest absolute Gasteiger partial charge is 0.0605 e. The van der Waals surface area contributed by atoms with Gasteiger partial charge in [0.2, 0.25) is 0 Å². The molecule has 0 aromatic heterocycles. The van der Waals surface area contributed by atoms with Crippen molar-refractivity contribution >= 4 is 21.6 Å². The van der Waals surface area contributed by atoms with Crippen molar-refractivity contribution in [3.05, 3.63) is 28.2 Å². The molecule has 1 N–H and O–H groups in total. The largest absolute Gasteiger partial charge is 0.381 e. The molecular formula is C16H25BrN2O. The fourth-order valence-corrected chi connectivity index (χ4v) is 3.05. The predicted molar refractivity (Wildman–Crippen MR) is 88.4 cm³/mol. The van der Waals surface area contributed by atoms with Crippen LogP contribution in [0.25, 0.3) is 0 Å². The first-order valence-electron chi connectivity index (χ1n) is 7.39. The van der Waals surface area contributed by atoms with Gasteiger partial charge in [0.15, 0.2) is 0 Å². The van der Waals surface area contributed by atoms with Crippen molar-refractivity contribution < 1.29 is 4.74 Å². The number of rotatable bonds is 5. The molecule has 0 unspecified atom stereocenters. The van der Waals surface area contributed by atoms with E-state index in [0.29, 0.717) is 12.1 Å². The van der Waals surface area contributed by atoms with Crippen LogP contribution >= 0.6 is 15.9 Å². The van der Waals surface area contributed by atoms with Crippen molar-refractivity contribution in [2.75, 3.05) is 25.1 Å². The van der Waals surface area contributed by atoms with Gasteiger partial charge < -0.3 is 15.0 Å². The molecule has 0 aliphatic carbocycles. The second kappa shape index (κ2) is 7.43. The minimum Gasteiger partial charge on any atom is -0.381 e. The number of piperidine rings is 1. The molecule has 1 aromatic carbocycles. The summed E-state index contributed by atoms with van der Waals surface area (Å²) in [6.45, 7) is 7.40. The summed E-state index contributed by atoms with van der Waals surface area (Å²) >= 11 is 3.70. The molecule has 1 heterocycles. The van der Waals surface area contributed by atoms with Crippen LogP contribution in [0.3, 0.4) is 0 Å². The third-order valence-corrected chi connectivity index (χ3v) is 4.62. The molecule has 3 nitrogen and oxygen atoms in total. The molecule has 1 aliphatic rings. The lowest BCUT2D eigenvalue weighted by atomic mass is 10.1. The molecule has 0 bridgehead atoms.